The summed E-state index contributed by atoms with van der Waals surface area (Å²) in [7, 11) is 0. The minimum absolute atomic E-state index is 0.535. The molecule has 0 saturated heterocycles. The Kier molecular flexibility index (Phi) is 5.40. The molecule has 3 aromatic rings. The first-order valence-corrected chi connectivity index (χ1v) is 10.8. The Labute approximate surface area is 172 Å². The van der Waals surface area contributed by atoms with E-state index in [2.05, 4.69) is 43.3 Å². The van der Waals surface area contributed by atoms with Gasteiger partial charge in [0.05, 0.1) is 11.4 Å². The maximum atomic E-state index is 12.3. The molecule has 3 heteroatoms. The summed E-state index contributed by atoms with van der Waals surface area (Å²) in [6, 6.07) is 12.9. The summed E-state index contributed by atoms with van der Waals surface area (Å²) in [5.41, 5.74) is 8.89. The number of hydrogen-bond acceptors (Lipinski definition) is 2. The molecule has 1 aromatic heterocycles. The van der Waals surface area contributed by atoms with E-state index in [1.807, 2.05) is 13.8 Å². The highest BCUT2D eigenvalue weighted by molar-refractivity contribution is 6.01. The van der Waals surface area contributed by atoms with Crippen molar-refractivity contribution in [3.63, 3.8) is 0 Å². The van der Waals surface area contributed by atoms with Gasteiger partial charge in [-0.25, -0.2) is 0 Å². The molecule has 1 N–H and O–H groups in total. The Bertz CT molecular complexity index is 1070. The number of nitrogens with zero attached hydrogens (tertiary/aromatic N) is 1. The van der Waals surface area contributed by atoms with Gasteiger partial charge in [0.15, 0.2) is 0 Å². The number of pyridine rings is 1. The predicted octanol–water partition coefficient (Wildman–Crippen LogP) is 6.37. The number of fused-ring (bicyclic) bond motifs is 3. The van der Waals surface area contributed by atoms with Gasteiger partial charge < -0.3 is 5.11 Å². The molecule has 1 aliphatic rings. The highest BCUT2D eigenvalue weighted by Crippen LogP contribution is 2.42. The van der Waals surface area contributed by atoms with E-state index in [1.54, 1.807) is 0 Å². The second kappa shape index (κ2) is 7.98. The average Bonchev–Trinajstić information content (AvgIpc) is 2.72. The third kappa shape index (κ3) is 3.55. The largest absolute Gasteiger partial charge is 0.481 e. The number of aryl methyl sites for hydroxylation is 4. The van der Waals surface area contributed by atoms with E-state index < -0.39 is 11.9 Å². The van der Waals surface area contributed by atoms with Gasteiger partial charge in [-0.05, 0) is 79.8 Å². The van der Waals surface area contributed by atoms with Gasteiger partial charge in [-0.2, -0.15) is 0 Å². The van der Waals surface area contributed by atoms with Crippen LogP contribution in [0, 0.1) is 13.8 Å². The van der Waals surface area contributed by atoms with Crippen molar-refractivity contribution in [2.75, 3.05) is 0 Å². The summed E-state index contributed by atoms with van der Waals surface area (Å²) < 4.78 is 0. The second-order valence-electron chi connectivity index (χ2n) is 8.34. The number of carboxylic acids is 1. The lowest BCUT2D eigenvalue weighted by Gasteiger charge is -2.25. The molecule has 150 valence electrons. The fourth-order valence-corrected chi connectivity index (χ4v) is 4.87. The highest BCUT2D eigenvalue weighted by atomic mass is 16.4. The monoisotopic (exact) mass is 387 g/mol. The molecule has 29 heavy (non-hydrogen) atoms. The molecule has 4 rings (SSSR count). The van der Waals surface area contributed by atoms with Crippen molar-refractivity contribution in [1.29, 1.82) is 0 Å². The maximum absolute atomic E-state index is 12.3. The molecule has 1 heterocycles. The van der Waals surface area contributed by atoms with Crippen molar-refractivity contribution in [2.45, 2.75) is 65.2 Å². The molecule has 0 spiro atoms. The number of aromatic nitrogens is 1. The normalized spacial score (nSPS) is 14.6. The van der Waals surface area contributed by atoms with Gasteiger partial charge in [0.1, 0.15) is 0 Å². The zero-order chi connectivity index (χ0) is 20.5. The van der Waals surface area contributed by atoms with Gasteiger partial charge >= 0.3 is 5.97 Å². The van der Waals surface area contributed by atoms with Gasteiger partial charge in [0.2, 0.25) is 0 Å². The zero-order valence-electron chi connectivity index (χ0n) is 17.6. The van der Waals surface area contributed by atoms with Crippen molar-refractivity contribution in [1.82, 2.24) is 4.98 Å². The molecule has 0 saturated carbocycles. The molecule has 0 aliphatic heterocycles. The smallest absolute Gasteiger partial charge is 0.311 e. The topological polar surface area (TPSA) is 50.2 Å². The van der Waals surface area contributed by atoms with Gasteiger partial charge in [-0.15, -0.1) is 0 Å². The molecule has 1 atom stereocenters. The van der Waals surface area contributed by atoms with Gasteiger partial charge in [0, 0.05) is 11.1 Å². The Morgan fingerprint density at radius 2 is 1.79 bits per heavy atom. The van der Waals surface area contributed by atoms with E-state index in [-0.39, 0.29) is 0 Å². The summed E-state index contributed by atoms with van der Waals surface area (Å²) in [5, 5.41) is 11.3. The third-order valence-corrected chi connectivity index (χ3v) is 6.27. The van der Waals surface area contributed by atoms with Crippen molar-refractivity contribution in [2.24, 2.45) is 0 Å². The first-order valence-electron chi connectivity index (χ1n) is 10.8. The van der Waals surface area contributed by atoms with E-state index >= 15 is 0 Å². The van der Waals surface area contributed by atoms with Crippen molar-refractivity contribution >= 4 is 16.9 Å². The van der Waals surface area contributed by atoms with E-state index in [0.717, 1.165) is 47.2 Å². The molecule has 1 unspecified atom stereocenters. The average molecular weight is 388 g/mol. The van der Waals surface area contributed by atoms with Gasteiger partial charge in [0.25, 0.3) is 0 Å². The standard InChI is InChI=1S/C26H29NO2/c1-4-7-21(26(28)29)23-17(3)27-22-15-14-18-8-5-6-9-20(18)25(22)24(23)19-12-10-16(2)11-13-19/h10-15,21H,4-9H2,1-3H3,(H,28,29). The first kappa shape index (κ1) is 19.6. The maximum Gasteiger partial charge on any atom is 0.311 e. The van der Waals surface area contributed by atoms with Crippen LogP contribution in [-0.4, -0.2) is 16.1 Å². The van der Waals surface area contributed by atoms with Crippen LogP contribution in [-0.2, 0) is 17.6 Å². The Balaban J connectivity index is 2.13. The van der Waals surface area contributed by atoms with Crippen LogP contribution in [0.1, 0.15) is 66.5 Å². The van der Waals surface area contributed by atoms with E-state index in [1.165, 1.54) is 34.9 Å². The molecule has 3 nitrogen and oxygen atoms in total. The molecule has 0 fully saturated rings. The SMILES string of the molecule is CCCC(C(=O)O)c1c(C)nc2ccc3c(c2c1-c1ccc(C)cc1)CCCC3. The summed E-state index contributed by atoms with van der Waals surface area (Å²) >= 11 is 0. The van der Waals surface area contributed by atoms with Crippen LogP contribution in [0.25, 0.3) is 22.0 Å². The van der Waals surface area contributed by atoms with Crippen LogP contribution in [0.5, 0.6) is 0 Å². The lowest BCUT2D eigenvalue weighted by molar-refractivity contribution is -0.139. The second-order valence-corrected chi connectivity index (χ2v) is 8.34. The zero-order valence-corrected chi connectivity index (χ0v) is 17.6. The number of hydrogen-bond donors (Lipinski definition) is 1. The number of rotatable bonds is 5. The van der Waals surface area contributed by atoms with Crippen molar-refractivity contribution < 1.29 is 9.90 Å². The van der Waals surface area contributed by atoms with E-state index in [0.29, 0.717) is 6.42 Å². The van der Waals surface area contributed by atoms with Gasteiger partial charge in [-0.3, -0.25) is 9.78 Å². The lowest BCUT2D eigenvalue weighted by atomic mass is 9.80. The minimum atomic E-state index is -0.755. The lowest BCUT2D eigenvalue weighted by Crippen LogP contribution is -2.16. The summed E-state index contributed by atoms with van der Waals surface area (Å²) in [6.45, 7) is 6.10. The number of aliphatic carboxylic acids is 1. The summed E-state index contributed by atoms with van der Waals surface area (Å²) in [4.78, 5) is 17.2. The summed E-state index contributed by atoms with van der Waals surface area (Å²) in [5.74, 6) is -1.29. The fourth-order valence-electron chi connectivity index (χ4n) is 4.87. The van der Waals surface area contributed by atoms with Crippen LogP contribution in [0.4, 0.5) is 0 Å². The van der Waals surface area contributed by atoms with E-state index in [9.17, 15) is 9.90 Å². The quantitative estimate of drug-likeness (QED) is 0.554. The minimum Gasteiger partial charge on any atom is -0.481 e. The van der Waals surface area contributed by atoms with Crippen LogP contribution < -0.4 is 0 Å². The Morgan fingerprint density at radius 3 is 2.48 bits per heavy atom. The molecule has 1 aliphatic carbocycles. The Morgan fingerprint density at radius 1 is 1.07 bits per heavy atom. The first-order chi connectivity index (χ1) is 14.0. The van der Waals surface area contributed by atoms with Crippen LogP contribution in [0.2, 0.25) is 0 Å². The molecule has 0 radical (unpaired) electrons. The number of benzene rings is 2. The highest BCUT2D eigenvalue weighted by Gasteiger charge is 2.28. The van der Waals surface area contributed by atoms with Crippen LogP contribution in [0.3, 0.4) is 0 Å². The predicted molar refractivity (Wildman–Crippen MR) is 119 cm³/mol. The fraction of sp³-hybridized carbons (Fsp3) is 0.385. The molecular formula is C26H29NO2. The van der Waals surface area contributed by atoms with Crippen LogP contribution in [0.15, 0.2) is 36.4 Å². The number of carboxylic acid groups (broad SMARTS) is 1. The van der Waals surface area contributed by atoms with Gasteiger partial charge in [-0.1, -0.05) is 49.2 Å². The molecule has 2 aromatic carbocycles. The van der Waals surface area contributed by atoms with E-state index in [4.69, 9.17) is 4.98 Å². The van der Waals surface area contributed by atoms with Crippen LogP contribution >= 0.6 is 0 Å². The van der Waals surface area contributed by atoms with Crippen molar-refractivity contribution in [3.8, 4) is 11.1 Å². The van der Waals surface area contributed by atoms with Crippen molar-refractivity contribution in [3.05, 3.63) is 64.3 Å². The molecular weight excluding hydrogens is 358 g/mol. The Hall–Kier alpha value is -2.68. The summed E-state index contributed by atoms with van der Waals surface area (Å²) in [6.07, 6.45) is 5.99. The number of carbonyl (C=O) groups is 1. The molecule has 0 amide bonds. The molecule has 0 bridgehead atoms. The third-order valence-electron chi connectivity index (χ3n) is 6.27.